The lowest BCUT2D eigenvalue weighted by Gasteiger charge is -2.10. The standard InChI is InChI=1S/C19H12ClF3N2O3S/c20-11-1-3-13(4-2-11)25-29(27,28)14-7-5-12(6-8-14)24-19(26)15-9-17(22)18(23)10-16(15)21/h1-10,25H,(H,24,26). The van der Waals surface area contributed by atoms with Crippen molar-refractivity contribution in [2.45, 2.75) is 4.90 Å². The Bertz CT molecular complexity index is 1170. The van der Waals surface area contributed by atoms with Crippen LogP contribution >= 0.6 is 11.6 Å². The number of hydrogen-bond donors (Lipinski definition) is 2. The first-order chi connectivity index (χ1) is 13.7. The van der Waals surface area contributed by atoms with Gasteiger partial charge in [-0.3, -0.25) is 9.52 Å². The molecule has 0 aromatic heterocycles. The fourth-order valence-corrected chi connectivity index (χ4v) is 3.53. The van der Waals surface area contributed by atoms with Crippen LogP contribution in [0, 0.1) is 17.5 Å². The van der Waals surface area contributed by atoms with E-state index in [2.05, 4.69) is 10.0 Å². The van der Waals surface area contributed by atoms with E-state index in [4.69, 9.17) is 11.6 Å². The Morgan fingerprint density at radius 1 is 0.793 bits per heavy atom. The highest BCUT2D eigenvalue weighted by molar-refractivity contribution is 7.92. The molecular weight excluding hydrogens is 429 g/mol. The van der Waals surface area contributed by atoms with Gasteiger partial charge in [-0.1, -0.05) is 11.6 Å². The lowest BCUT2D eigenvalue weighted by atomic mass is 10.2. The predicted octanol–water partition coefficient (Wildman–Crippen LogP) is 4.81. The summed E-state index contributed by atoms with van der Waals surface area (Å²) in [6.07, 6.45) is 0. The molecular formula is C19H12ClF3N2O3S. The molecule has 0 bridgehead atoms. The number of benzene rings is 3. The fourth-order valence-electron chi connectivity index (χ4n) is 2.34. The van der Waals surface area contributed by atoms with E-state index in [0.29, 0.717) is 16.8 Å². The summed E-state index contributed by atoms with van der Waals surface area (Å²) in [6, 6.07) is 11.7. The number of nitrogens with one attached hydrogen (secondary N) is 2. The van der Waals surface area contributed by atoms with Crippen LogP contribution in [0.15, 0.2) is 65.6 Å². The molecule has 0 saturated carbocycles. The first kappa shape index (κ1) is 20.7. The van der Waals surface area contributed by atoms with Crippen molar-refractivity contribution in [3.8, 4) is 0 Å². The van der Waals surface area contributed by atoms with E-state index in [-0.39, 0.29) is 16.6 Å². The van der Waals surface area contributed by atoms with Gasteiger partial charge in [-0.25, -0.2) is 21.6 Å². The lowest BCUT2D eigenvalue weighted by Crippen LogP contribution is -2.15. The largest absolute Gasteiger partial charge is 0.322 e. The Kier molecular flexibility index (Phi) is 5.81. The van der Waals surface area contributed by atoms with Gasteiger partial charge >= 0.3 is 0 Å². The molecule has 0 fully saturated rings. The molecule has 0 spiro atoms. The molecule has 2 N–H and O–H groups in total. The van der Waals surface area contributed by atoms with E-state index in [1.54, 1.807) is 0 Å². The van der Waals surface area contributed by atoms with Crippen LogP contribution in [0.1, 0.15) is 10.4 Å². The first-order valence-electron chi connectivity index (χ1n) is 8.00. The first-order valence-corrected chi connectivity index (χ1v) is 9.86. The van der Waals surface area contributed by atoms with Gasteiger partial charge in [-0.15, -0.1) is 0 Å². The quantitative estimate of drug-likeness (QED) is 0.559. The van der Waals surface area contributed by atoms with Gasteiger partial charge in [0.15, 0.2) is 11.6 Å². The minimum absolute atomic E-state index is 0.0931. The molecule has 0 heterocycles. The molecule has 0 saturated heterocycles. The number of carbonyl (C=O) groups excluding carboxylic acids is 1. The van der Waals surface area contributed by atoms with Crippen LogP contribution in [0.5, 0.6) is 0 Å². The van der Waals surface area contributed by atoms with Crippen molar-refractivity contribution in [2.24, 2.45) is 0 Å². The Labute approximate surface area is 169 Å². The predicted molar refractivity (Wildman–Crippen MR) is 103 cm³/mol. The molecule has 3 aromatic rings. The number of anilines is 2. The van der Waals surface area contributed by atoms with Crippen molar-refractivity contribution in [2.75, 3.05) is 10.0 Å². The molecule has 0 aliphatic rings. The third kappa shape index (κ3) is 4.87. The summed E-state index contributed by atoms with van der Waals surface area (Å²) in [6.45, 7) is 0. The average molecular weight is 441 g/mol. The molecule has 0 aliphatic heterocycles. The van der Waals surface area contributed by atoms with Crippen molar-refractivity contribution in [3.05, 3.63) is 88.7 Å². The van der Waals surface area contributed by atoms with Crippen molar-refractivity contribution >= 4 is 38.9 Å². The molecule has 5 nitrogen and oxygen atoms in total. The number of sulfonamides is 1. The smallest absolute Gasteiger partial charge is 0.261 e. The van der Waals surface area contributed by atoms with Gasteiger partial charge in [0.2, 0.25) is 0 Å². The maximum Gasteiger partial charge on any atom is 0.261 e. The van der Waals surface area contributed by atoms with E-state index >= 15 is 0 Å². The molecule has 29 heavy (non-hydrogen) atoms. The fraction of sp³-hybridized carbons (Fsp3) is 0. The summed E-state index contributed by atoms with van der Waals surface area (Å²) >= 11 is 5.75. The molecule has 0 atom stereocenters. The third-order valence-electron chi connectivity index (χ3n) is 3.77. The summed E-state index contributed by atoms with van der Waals surface area (Å²) < 4.78 is 67.0. The van der Waals surface area contributed by atoms with Crippen LogP contribution < -0.4 is 10.0 Å². The molecule has 3 rings (SSSR count). The van der Waals surface area contributed by atoms with Crippen LogP contribution in [0.25, 0.3) is 0 Å². The number of carbonyl (C=O) groups is 1. The minimum Gasteiger partial charge on any atom is -0.322 e. The second kappa shape index (κ2) is 8.14. The van der Waals surface area contributed by atoms with E-state index < -0.39 is 38.9 Å². The Balaban J connectivity index is 1.75. The number of rotatable bonds is 5. The van der Waals surface area contributed by atoms with Gasteiger partial charge in [0.25, 0.3) is 15.9 Å². The highest BCUT2D eigenvalue weighted by Crippen LogP contribution is 2.21. The van der Waals surface area contributed by atoms with E-state index in [1.807, 2.05) is 0 Å². The second-order valence-electron chi connectivity index (χ2n) is 5.84. The Morgan fingerprint density at radius 3 is 1.97 bits per heavy atom. The second-order valence-corrected chi connectivity index (χ2v) is 7.96. The molecule has 0 aliphatic carbocycles. The van der Waals surface area contributed by atoms with Gasteiger partial charge in [0.1, 0.15) is 5.82 Å². The number of hydrogen-bond acceptors (Lipinski definition) is 3. The third-order valence-corrected chi connectivity index (χ3v) is 5.42. The highest BCUT2D eigenvalue weighted by atomic mass is 35.5. The van der Waals surface area contributed by atoms with E-state index in [0.717, 1.165) is 0 Å². The summed E-state index contributed by atoms with van der Waals surface area (Å²) in [5.41, 5.74) is -0.254. The molecule has 0 unspecified atom stereocenters. The summed E-state index contributed by atoms with van der Waals surface area (Å²) in [7, 11) is -3.90. The normalized spacial score (nSPS) is 11.2. The maximum absolute atomic E-state index is 13.7. The number of halogens is 4. The van der Waals surface area contributed by atoms with Crippen LogP contribution in [0.2, 0.25) is 5.02 Å². The SMILES string of the molecule is O=C(Nc1ccc(S(=O)(=O)Nc2ccc(Cl)cc2)cc1)c1cc(F)c(F)cc1F. The molecule has 3 aromatic carbocycles. The zero-order valence-corrected chi connectivity index (χ0v) is 16.0. The Hall–Kier alpha value is -3.04. The van der Waals surface area contributed by atoms with Crippen molar-refractivity contribution in [1.29, 1.82) is 0 Å². The van der Waals surface area contributed by atoms with Gasteiger partial charge in [0.05, 0.1) is 10.5 Å². The summed E-state index contributed by atoms with van der Waals surface area (Å²) in [5, 5.41) is 2.73. The average Bonchev–Trinajstić information content (AvgIpc) is 2.66. The maximum atomic E-state index is 13.7. The van der Waals surface area contributed by atoms with Crippen LogP contribution in [-0.2, 0) is 10.0 Å². The summed E-state index contributed by atoms with van der Waals surface area (Å²) in [5.74, 6) is -5.03. The van der Waals surface area contributed by atoms with Gasteiger partial charge in [-0.2, -0.15) is 0 Å². The van der Waals surface area contributed by atoms with Crippen molar-refractivity contribution < 1.29 is 26.4 Å². The van der Waals surface area contributed by atoms with Gasteiger partial charge in [0, 0.05) is 22.5 Å². The van der Waals surface area contributed by atoms with Crippen LogP contribution in [0.4, 0.5) is 24.5 Å². The monoisotopic (exact) mass is 440 g/mol. The number of amides is 1. The Morgan fingerprint density at radius 2 is 1.34 bits per heavy atom. The van der Waals surface area contributed by atoms with E-state index in [1.165, 1.54) is 48.5 Å². The van der Waals surface area contributed by atoms with Crippen molar-refractivity contribution in [3.63, 3.8) is 0 Å². The van der Waals surface area contributed by atoms with Gasteiger partial charge < -0.3 is 5.32 Å². The summed E-state index contributed by atoms with van der Waals surface area (Å²) in [4.78, 5) is 12.0. The highest BCUT2D eigenvalue weighted by Gasteiger charge is 2.18. The van der Waals surface area contributed by atoms with Crippen molar-refractivity contribution in [1.82, 2.24) is 0 Å². The topological polar surface area (TPSA) is 75.3 Å². The van der Waals surface area contributed by atoms with Gasteiger partial charge in [-0.05, 0) is 54.6 Å². The lowest BCUT2D eigenvalue weighted by molar-refractivity contribution is 0.102. The van der Waals surface area contributed by atoms with Crippen LogP contribution in [-0.4, -0.2) is 14.3 Å². The zero-order valence-electron chi connectivity index (χ0n) is 14.4. The molecule has 0 radical (unpaired) electrons. The minimum atomic E-state index is -3.90. The van der Waals surface area contributed by atoms with E-state index in [9.17, 15) is 26.4 Å². The zero-order chi connectivity index (χ0) is 21.2. The molecule has 10 heteroatoms. The molecule has 150 valence electrons. The van der Waals surface area contributed by atoms with Crippen LogP contribution in [0.3, 0.4) is 0 Å². The molecule has 1 amide bonds.